The van der Waals surface area contributed by atoms with Gasteiger partial charge in [0.15, 0.2) is 6.23 Å². The lowest BCUT2D eigenvalue weighted by Crippen LogP contribution is -2.34. The molecule has 20 heavy (non-hydrogen) atoms. The first kappa shape index (κ1) is 14.7. The van der Waals surface area contributed by atoms with E-state index < -0.39 is 30.4 Å². The first-order valence-electron chi connectivity index (χ1n) is 6.06. The molecule has 4 atom stereocenters. The van der Waals surface area contributed by atoms with Crippen LogP contribution in [0.5, 0.6) is 0 Å². The van der Waals surface area contributed by atoms with Crippen LogP contribution in [0.4, 0.5) is 5.82 Å². The molecular weight excluding hydrogens is 268 g/mol. The monoisotopic (exact) mass is 286 g/mol. The van der Waals surface area contributed by atoms with E-state index >= 15 is 0 Å². The first-order chi connectivity index (χ1) is 9.49. The minimum absolute atomic E-state index is 0.0881. The molecule has 2 rings (SSSR count). The maximum atomic E-state index is 10.9. The van der Waals surface area contributed by atoms with Crippen molar-refractivity contribution in [1.82, 2.24) is 9.55 Å². The van der Waals surface area contributed by atoms with Crippen molar-refractivity contribution in [2.45, 2.75) is 31.0 Å². The Kier molecular flexibility index (Phi) is 4.23. The highest BCUT2D eigenvalue weighted by atomic mass is 16.6. The van der Waals surface area contributed by atoms with Crippen LogP contribution in [0.3, 0.4) is 0 Å². The number of aliphatic hydroxyl groups excluding tert-OH is 2. The number of hydrogen-bond acceptors (Lipinski definition) is 7. The van der Waals surface area contributed by atoms with Gasteiger partial charge in [0, 0.05) is 7.11 Å². The molecule has 9 nitrogen and oxygen atoms in total. The van der Waals surface area contributed by atoms with Crippen molar-refractivity contribution in [3.05, 3.63) is 12.0 Å². The van der Waals surface area contributed by atoms with Crippen molar-refractivity contribution in [3.8, 4) is 0 Å². The summed E-state index contributed by atoms with van der Waals surface area (Å²) in [6, 6.07) is 0. The van der Waals surface area contributed by atoms with Gasteiger partial charge in [0.1, 0.15) is 24.1 Å². The van der Waals surface area contributed by atoms with Crippen LogP contribution in [0.15, 0.2) is 6.33 Å². The summed E-state index contributed by atoms with van der Waals surface area (Å²) in [4.78, 5) is 14.9. The van der Waals surface area contributed by atoms with Crippen LogP contribution < -0.4 is 11.5 Å². The van der Waals surface area contributed by atoms with Crippen molar-refractivity contribution in [2.75, 3.05) is 19.5 Å². The predicted molar refractivity (Wildman–Crippen MR) is 67.3 cm³/mol. The number of methoxy groups -OCH3 is 1. The van der Waals surface area contributed by atoms with Crippen LogP contribution in [0.1, 0.15) is 11.9 Å². The second-order valence-corrected chi connectivity index (χ2v) is 4.57. The quantitative estimate of drug-likeness (QED) is 0.478. The van der Waals surface area contributed by atoms with E-state index in [-0.39, 0.29) is 18.8 Å². The van der Waals surface area contributed by atoms with Crippen LogP contribution >= 0.6 is 0 Å². The van der Waals surface area contributed by atoms with Gasteiger partial charge in [0.05, 0.1) is 25.0 Å². The fraction of sp³-hybridized carbons (Fsp3) is 0.636. The number of nitrogens with two attached hydrogens (primary N) is 2. The molecular formula is C11H18N4O5. The maximum absolute atomic E-state index is 10.9. The minimum Gasteiger partial charge on any atom is -0.394 e. The number of amides is 1. The Hall–Kier alpha value is -1.68. The average molecular weight is 286 g/mol. The van der Waals surface area contributed by atoms with Crippen molar-refractivity contribution in [2.24, 2.45) is 5.73 Å². The van der Waals surface area contributed by atoms with Gasteiger partial charge in [-0.15, -0.1) is 0 Å². The standard InChI is InChI=1S/C11H18N4O5/c1-19-9-8(18)6(3-16)20-11(9)15-4-14-5(10(15)13)2-7(12)17/h4,6,8-9,11,16,18H,2-3,13H2,1H3,(H2,12,17)/t6-,8-,9-,11-/m1/s1. The Bertz CT molecular complexity index is 491. The zero-order chi connectivity index (χ0) is 14.9. The summed E-state index contributed by atoms with van der Waals surface area (Å²) >= 11 is 0. The van der Waals surface area contributed by atoms with Crippen molar-refractivity contribution >= 4 is 11.7 Å². The largest absolute Gasteiger partial charge is 0.394 e. The fourth-order valence-electron chi connectivity index (χ4n) is 2.26. The molecule has 0 unspecified atom stereocenters. The van der Waals surface area contributed by atoms with E-state index in [1.165, 1.54) is 18.0 Å². The lowest BCUT2D eigenvalue weighted by Gasteiger charge is -2.20. The van der Waals surface area contributed by atoms with Crippen molar-refractivity contribution < 1.29 is 24.5 Å². The third-order valence-corrected chi connectivity index (χ3v) is 3.29. The van der Waals surface area contributed by atoms with E-state index in [1.807, 2.05) is 0 Å². The molecule has 1 fully saturated rings. The highest BCUT2D eigenvalue weighted by molar-refractivity contribution is 5.77. The Labute approximate surface area is 115 Å². The summed E-state index contributed by atoms with van der Waals surface area (Å²) in [7, 11) is 1.42. The molecule has 1 amide bonds. The number of carbonyl (C=O) groups excluding carboxylic acids is 1. The minimum atomic E-state index is -0.989. The van der Waals surface area contributed by atoms with Gasteiger partial charge in [-0.2, -0.15) is 0 Å². The molecule has 1 saturated heterocycles. The van der Waals surface area contributed by atoms with E-state index in [4.69, 9.17) is 26.0 Å². The Morgan fingerprint density at radius 2 is 2.35 bits per heavy atom. The van der Waals surface area contributed by atoms with Gasteiger partial charge in [-0.05, 0) is 0 Å². The molecule has 1 aromatic heterocycles. The third kappa shape index (κ3) is 2.48. The lowest BCUT2D eigenvalue weighted by molar-refractivity contribution is -0.117. The van der Waals surface area contributed by atoms with E-state index in [1.54, 1.807) is 0 Å². The predicted octanol–water partition coefficient (Wildman–Crippen LogP) is -2.24. The molecule has 1 aromatic rings. The van der Waals surface area contributed by atoms with Gasteiger partial charge >= 0.3 is 0 Å². The molecule has 0 aromatic carbocycles. The van der Waals surface area contributed by atoms with E-state index in [2.05, 4.69) is 4.98 Å². The van der Waals surface area contributed by atoms with E-state index in [0.29, 0.717) is 5.69 Å². The third-order valence-electron chi connectivity index (χ3n) is 3.29. The molecule has 0 radical (unpaired) electrons. The summed E-state index contributed by atoms with van der Waals surface area (Å²) in [5.41, 5.74) is 11.3. The molecule has 1 aliphatic heterocycles. The highest BCUT2D eigenvalue weighted by Gasteiger charge is 2.45. The Morgan fingerprint density at radius 1 is 1.65 bits per heavy atom. The number of hydrogen-bond donors (Lipinski definition) is 4. The Morgan fingerprint density at radius 3 is 2.90 bits per heavy atom. The molecule has 6 N–H and O–H groups in total. The van der Waals surface area contributed by atoms with Crippen LogP contribution in [-0.2, 0) is 20.7 Å². The molecule has 0 bridgehead atoms. The van der Waals surface area contributed by atoms with E-state index in [9.17, 15) is 9.90 Å². The number of aliphatic hydroxyl groups is 2. The Balaban J connectivity index is 2.27. The summed E-state index contributed by atoms with van der Waals surface area (Å²) in [5, 5.41) is 19.1. The van der Waals surface area contributed by atoms with Crippen molar-refractivity contribution in [3.63, 3.8) is 0 Å². The SMILES string of the molecule is CO[C@@H]1[C@H](O)[C@@H](CO)O[C@H]1n1cnc(CC(N)=O)c1N. The molecule has 0 saturated carbocycles. The van der Waals surface area contributed by atoms with Gasteiger partial charge in [-0.25, -0.2) is 4.98 Å². The number of ether oxygens (including phenoxy) is 2. The highest BCUT2D eigenvalue weighted by Crippen LogP contribution is 2.33. The smallest absolute Gasteiger partial charge is 0.223 e. The summed E-state index contributed by atoms with van der Waals surface area (Å²) in [5.74, 6) is -0.340. The summed E-state index contributed by atoms with van der Waals surface area (Å²) in [6.07, 6.45) is -1.90. The summed E-state index contributed by atoms with van der Waals surface area (Å²) in [6.45, 7) is -0.347. The molecule has 0 aliphatic carbocycles. The zero-order valence-corrected chi connectivity index (χ0v) is 11.0. The van der Waals surface area contributed by atoms with Gasteiger partial charge in [-0.1, -0.05) is 0 Å². The molecule has 1 aliphatic rings. The van der Waals surface area contributed by atoms with Crippen LogP contribution in [0.2, 0.25) is 0 Å². The van der Waals surface area contributed by atoms with Gasteiger partial charge in [-0.3, -0.25) is 9.36 Å². The number of carbonyl (C=O) groups is 1. The number of aromatic nitrogens is 2. The average Bonchev–Trinajstić information content (AvgIpc) is 2.90. The molecule has 112 valence electrons. The van der Waals surface area contributed by atoms with Crippen molar-refractivity contribution in [1.29, 1.82) is 0 Å². The topological polar surface area (TPSA) is 146 Å². The molecule has 0 spiro atoms. The number of imidazole rings is 1. The number of primary amides is 1. The number of nitrogens with zero attached hydrogens (tertiary/aromatic N) is 2. The van der Waals surface area contributed by atoms with Crippen LogP contribution in [0, 0.1) is 0 Å². The second kappa shape index (κ2) is 5.75. The van der Waals surface area contributed by atoms with Crippen LogP contribution in [-0.4, -0.2) is 57.7 Å². The number of anilines is 1. The second-order valence-electron chi connectivity index (χ2n) is 4.57. The van der Waals surface area contributed by atoms with Crippen LogP contribution in [0.25, 0.3) is 0 Å². The normalized spacial score (nSPS) is 29.8. The fourth-order valence-corrected chi connectivity index (χ4v) is 2.26. The first-order valence-corrected chi connectivity index (χ1v) is 6.06. The van der Waals surface area contributed by atoms with Gasteiger partial charge in [0.25, 0.3) is 0 Å². The molecule has 9 heteroatoms. The number of nitrogen functional groups attached to an aromatic ring is 1. The number of rotatable bonds is 5. The summed E-state index contributed by atoms with van der Waals surface area (Å²) < 4.78 is 12.1. The lowest BCUT2D eigenvalue weighted by atomic mass is 10.1. The van der Waals surface area contributed by atoms with Gasteiger partial charge < -0.3 is 31.2 Å². The van der Waals surface area contributed by atoms with Gasteiger partial charge in [0.2, 0.25) is 5.91 Å². The molecule has 2 heterocycles. The zero-order valence-electron chi connectivity index (χ0n) is 11.0. The maximum Gasteiger partial charge on any atom is 0.223 e. The van der Waals surface area contributed by atoms with E-state index in [0.717, 1.165) is 0 Å².